The van der Waals surface area contributed by atoms with Crippen LogP contribution in [0.5, 0.6) is 5.75 Å². The summed E-state index contributed by atoms with van der Waals surface area (Å²) in [5, 5.41) is 13.2. The molecule has 1 aromatic rings. The van der Waals surface area contributed by atoms with Crippen LogP contribution in [0.1, 0.15) is 25.7 Å². The molecule has 0 spiro atoms. The smallest absolute Gasteiger partial charge is 0.257 e. The lowest BCUT2D eigenvalue weighted by Crippen LogP contribution is -2.35. The van der Waals surface area contributed by atoms with Crippen molar-refractivity contribution >= 4 is 29.1 Å². The van der Waals surface area contributed by atoms with Gasteiger partial charge in [0, 0.05) is 11.6 Å². The molecule has 116 valence electrons. The molecule has 1 amide bonds. The van der Waals surface area contributed by atoms with Crippen LogP contribution in [0.15, 0.2) is 18.2 Å². The molecular formula is C15H19Cl2NO3. The molecule has 4 nitrogen and oxygen atoms in total. The molecule has 0 saturated heterocycles. The molecular weight excluding hydrogens is 313 g/mol. The quantitative estimate of drug-likeness (QED) is 0.871. The highest BCUT2D eigenvalue weighted by atomic mass is 35.5. The lowest BCUT2D eigenvalue weighted by molar-refractivity contribution is -0.123. The Bertz CT molecular complexity index is 488. The minimum atomic E-state index is -0.174. The van der Waals surface area contributed by atoms with Crippen LogP contribution in [0.4, 0.5) is 0 Å². The Morgan fingerprint density at radius 1 is 1.29 bits per heavy atom. The van der Waals surface area contributed by atoms with E-state index in [1.807, 2.05) is 0 Å². The molecule has 1 aliphatic carbocycles. The Morgan fingerprint density at radius 2 is 2.00 bits per heavy atom. The van der Waals surface area contributed by atoms with Gasteiger partial charge in [-0.3, -0.25) is 4.79 Å². The molecule has 0 heterocycles. The van der Waals surface area contributed by atoms with Crippen LogP contribution in [0.2, 0.25) is 10.0 Å². The van der Waals surface area contributed by atoms with E-state index in [4.69, 9.17) is 27.9 Å². The van der Waals surface area contributed by atoms with Crippen LogP contribution in [0.3, 0.4) is 0 Å². The van der Waals surface area contributed by atoms with Crippen LogP contribution in [-0.2, 0) is 4.79 Å². The Morgan fingerprint density at radius 3 is 2.67 bits per heavy atom. The van der Waals surface area contributed by atoms with E-state index in [0.717, 1.165) is 25.7 Å². The van der Waals surface area contributed by atoms with Crippen LogP contribution >= 0.6 is 23.2 Å². The topological polar surface area (TPSA) is 58.6 Å². The lowest BCUT2D eigenvalue weighted by Gasteiger charge is -2.25. The summed E-state index contributed by atoms with van der Waals surface area (Å²) in [5.74, 6) is 0.709. The van der Waals surface area contributed by atoms with Gasteiger partial charge in [0.1, 0.15) is 5.75 Å². The van der Waals surface area contributed by atoms with Crippen molar-refractivity contribution in [2.75, 3.05) is 13.2 Å². The first-order valence-corrected chi connectivity index (χ1v) is 7.83. The first kappa shape index (κ1) is 16.4. The maximum Gasteiger partial charge on any atom is 0.257 e. The Labute approximate surface area is 134 Å². The van der Waals surface area contributed by atoms with Crippen molar-refractivity contribution in [3.63, 3.8) is 0 Å². The van der Waals surface area contributed by atoms with E-state index in [-0.39, 0.29) is 18.6 Å². The number of benzene rings is 1. The van der Waals surface area contributed by atoms with Crippen molar-refractivity contribution in [1.29, 1.82) is 0 Å². The van der Waals surface area contributed by atoms with Crippen LogP contribution < -0.4 is 10.1 Å². The van der Waals surface area contributed by atoms with Gasteiger partial charge in [-0.2, -0.15) is 0 Å². The molecule has 1 fully saturated rings. The molecule has 1 aliphatic rings. The van der Waals surface area contributed by atoms with Gasteiger partial charge in [0.2, 0.25) is 0 Å². The monoisotopic (exact) mass is 331 g/mol. The summed E-state index contributed by atoms with van der Waals surface area (Å²) in [6, 6.07) is 4.87. The number of amides is 1. The zero-order valence-corrected chi connectivity index (χ0v) is 13.2. The highest BCUT2D eigenvalue weighted by Crippen LogP contribution is 2.27. The number of aliphatic hydroxyl groups is 1. The van der Waals surface area contributed by atoms with Gasteiger partial charge < -0.3 is 15.2 Å². The van der Waals surface area contributed by atoms with Crippen LogP contribution in [0, 0.1) is 5.92 Å². The number of rotatable bonds is 5. The highest BCUT2D eigenvalue weighted by Gasteiger charge is 2.19. The summed E-state index contributed by atoms with van der Waals surface area (Å²) in [6.07, 6.45) is 3.36. The minimum Gasteiger partial charge on any atom is -0.482 e. The molecule has 21 heavy (non-hydrogen) atoms. The summed E-state index contributed by atoms with van der Waals surface area (Å²) in [5.41, 5.74) is 0. The molecule has 1 aromatic carbocycles. The summed E-state index contributed by atoms with van der Waals surface area (Å²) in [4.78, 5) is 11.7. The van der Waals surface area contributed by atoms with Crippen molar-refractivity contribution in [2.45, 2.75) is 31.8 Å². The van der Waals surface area contributed by atoms with E-state index in [1.54, 1.807) is 18.2 Å². The zero-order chi connectivity index (χ0) is 15.2. The predicted octanol–water partition coefficient (Wildman–Crippen LogP) is 3.04. The second kappa shape index (κ2) is 7.87. The summed E-state index contributed by atoms with van der Waals surface area (Å²) in [6.45, 7) is 0.556. The molecule has 0 aliphatic heterocycles. The average molecular weight is 332 g/mol. The van der Waals surface area contributed by atoms with Gasteiger partial charge >= 0.3 is 0 Å². The third-order valence-electron chi connectivity index (χ3n) is 3.66. The van der Waals surface area contributed by atoms with E-state index in [9.17, 15) is 9.90 Å². The van der Waals surface area contributed by atoms with Gasteiger partial charge in [-0.15, -0.1) is 0 Å². The molecule has 1 saturated carbocycles. The number of hydrogen-bond acceptors (Lipinski definition) is 3. The molecule has 2 rings (SSSR count). The van der Waals surface area contributed by atoms with Crippen molar-refractivity contribution in [2.24, 2.45) is 5.92 Å². The first-order valence-electron chi connectivity index (χ1n) is 7.07. The summed E-state index contributed by atoms with van der Waals surface area (Å²) in [7, 11) is 0. The maximum atomic E-state index is 11.7. The molecule has 0 unspecified atom stereocenters. The summed E-state index contributed by atoms with van der Waals surface area (Å²) < 4.78 is 5.37. The normalized spacial score (nSPS) is 21.9. The number of hydrogen-bond donors (Lipinski definition) is 2. The molecule has 2 N–H and O–H groups in total. The maximum absolute atomic E-state index is 11.7. The SMILES string of the molecule is O=C(COc1ccc(Cl)cc1Cl)NCC1CCC(O)CC1. The van der Waals surface area contributed by atoms with E-state index >= 15 is 0 Å². The number of nitrogens with one attached hydrogen (secondary N) is 1. The highest BCUT2D eigenvalue weighted by molar-refractivity contribution is 6.35. The Balaban J connectivity index is 1.70. The first-order chi connectivity index (χ1) is 10.0. The van der Waals surface area contributed by atoms with Crippen molar-refractivity contribution < 1.29 is 14.6 Å². The van der Waals surface area contributed by atoms with E-state index in [0.29, 0.717) is 28.3 Å². The van der Waals surface area contributed by atoms with Gasteiger partial charge in [0.25, 0.3) is 5.91 Å². The van der Waals surface area contributed by atoms with Crippen LogP contribution in [-0.4, -0.2) is 30.3 Å². The van der Waals surface area contributed by atoms with Crippen molar-refractivity contribution in [3.05, 3.63) is 28.2 Å². The Hall–Kier alpha value is -0.970. The van der Waals surface area contributed by atoms with Gasteiger partial charge in [0.05, 0.1) is 11.1 Å². The third kappa shape index (κ3) is 5.38. The predicted molar refractivity (Wildman–Crippen MR) is 82.9 cm³/mol. The standard InChI is InChI=1S/C15H19Cl2NO3/c16-11-3-6-14(13(17)7-11)21-9-15(20)18-8-10-1-4-12(19)5-2-10/h3,6-7,10,12,19H,1-2,4-5,8-9H2,(H,18,20). The van der Waals surface area contributed by atoms with Crippen molar-refractivity contribution in [3.8, 4) is 5.75 Å². The average Bonchev–Trinajstić information content (AvgIpc) is 2.46. The molecule has 0 radical (unpaired) electrons. The number of carbonyl (C=O) groups excluding carboxylic acids is 1. The van der Waals surface area contributed by atoms with E-state index in [1.165, 1.54) is 0 Å². The van der Waals surface area contributed by atoms with Gasteiger partial charge in [-0.05, 0) is 49.8 Å². The Kier molecular flexibility index (Phi) is 6.15. The summed E-state index contributed by atoms with van der Waals surface area (Å²) >= 11 is 11.7. The molecule has 0 bridgehead atoms. The number of aliphatic hydroxyl groups excluding tert-OH is 1. The fourth-order valence-electron chi connectivity index (χ4n) is 2.39. The second-order valence-electron chi connectivity index (χ2n) is 5.34. The fraction of sp³-hybridized carbons (Fsp3) is 0.533. The van der Waals surface area contributed by atoms with Gasteiger partial charge in [-0.1, -0.05) is 23.2 Å². The third-order valence-corrected chi connectivity index (χ3v) is 4.19. The largest absolute Gasteiger partial charge is 0.482 e. The van der Waals surface area contributed by atoms with E-state index in [2.05, 4.69) is 5.32 Å². The molecule has 0 atom stereocenters. The number of halogens is 2. The fourth-order valence-corrected chi connectivity index (χ4v) is 2.86. The number of ether oxygens (including phenoxy) is 1. The molecule has 6 heteroatoms. The zero-order valence-electron chi connectivity index (χ0n) is 11.6. The number of carbonyl (C=O) groups is 1. The minimum absolute atomic E-state index is 0.0727. The van der Waals surface area contributed by atoms with E-state index < -0.39 is 0 Å². The molecule has 0 aromatic heterocycles. The van der Waals surface area contributed by atoms with Crippen LogP contribution in [0.25, 0.3) is 0 Å². The van der Waals surface area contributed by atoms with Gasteiger partial charge in [0.15, 0.2) is 6.61 Å². The second-order valence-corrected chi connectivity index (χ2v) is 6.19. The van der Waals surface area contributed by atoms with Crippen molar-refractivity contribution in [1.82, 2.24) is 5.32 Å². The van der Waals surface area contributed by atoms with Gasteiger partial charge in [-0.25, -0.2) is 0 Å². The lowest BCUT2D eigenvalue weighted by atomic mass is 9.87.